The lowest BCUT2D eigenvalue weighted by molar-refractivity contribution is 0.0691. The van der Waals surface area contributed by atoms with Crippen LogP contribution in [0.4, 0.5) is 5.82 Å². The Morgan fingerprint density at radius 1 is 1.57 bits per heavy atom. The SMILES string of the molecule is Cn1nc(C(=O)O)c2c(N)ncnc21. The van der Waals surface area contributed by atoms with E-state index in [4.69, 9.17) is 10.8 Å². The van der Waals surface area contributed by atoms with Crippen LogP contribution < -0.4 is 5.73 Å². The highest BCUT2D eigenvalue weighted by molar-refractivity contribution is 6.04. The highest BCUT2D eigenvalue weighted by Gasteiger charge is 2.18. The molecule has 0 aromatic carbocycles. The third kappa shape index (κ3) is 0.987. The van der Waals surface area contributed by atoms with Gasteiger partial charge in [-0.25, -0.2) is 19.4 Å². The van der Waals surface area contributed by atoms with Crippen molar-refractivity contribution in [1.82, 2.24) is 19.7 Å². The second-order valence-corrected chi connectivity index (χ2v) is 2.73. The molecule has 7 nitrogen and oxygen atoms in total. The summed E-state index contributed by atoms with van der Waals surface area (Å²) in [6.07, 6.45) is 1.27. The molecular weight excluding hydrogens is 186 g/mol. The number of nitrogens with zero attached hydrogens (tertiary/aromatic N) is 4. The number of fused-ring (bicyclic) bond motifs is 1. The second-order valence-electron chi connectivity index (χ2n) is 2.73. The number of carboxylic acid groups (broad SMARTS) is 1. The predicted molar refractivity (Wildman–Crippen MR) is 47.7 cm³/mol. The summed E-state index contributed by atoms with van der Waals surface area (Å²) < 4.78 is 1.36. The Balaban J connectivity index is 2.93. The Morgan fingerprint density at radius 3 is 2.93 bits per heavy atom. The van der Waals surface area contributed by atoms with E-state index >= 15 is 0 Å². The third-order valence-electron chi connectivity index (χ3n) is 1.85. The van der Waals surface area contributed by atoms with Gasteiger partial charge in [0.1, 0.15) is 12.1 Å². The van der Waals surface area contributed by atoms with E-state index in [9.17, 15) is 4.79 Å². The Morgan fingerprint density at radius 2 is 2.29 bits per heavy atom. The largest absolute Gasteiger partial charge is 0.476 e. The van der Waals surface area contributed by atoms with E-state index in [2.05, 4.69) is 15.1 Å². The van der Waals surface area contributed by atoms with Gasteiger partial charge in [-0.15, -0.1) is 0 Å². The molecule has 0 radical (unpaired) electrons. The molecule has 0 atom stereocenters. The normalized spacial score (nSPS) is 10.6. The molecule has 0 saturated heterocycles. The maximum Gasteiger partial charge on any atom is 0.357 e. The smallest absolute Gasteiger partial charge is 0.357 e. The number of aryl methyl sites for hydroxylation is 1. The van der Waals surface area contributed by atoms with Crippen LogP contribution >= 0.6 is 0 Å². The fourth-order valence-electron chi connectivity index (χ4n) is 1.26. The van der Waals surface area contributed by atoms with Gasteiger partial charge in [-0.3, -0.25) is 0 Å². The van der Waals surface area contributed by atoms with Gasteiger partial charge in [0.05, 0.1) is 5.39 Å². The number of carbonyl (C=O) groups is 1. The van der Waals surface area contributed by atoms with Crippen LogP contribution in [0.1, 0.15) is 10.5 Å². The number of rotatable bonds is 1. The van der Waals surface area contributed by atoms with Crippen molar-refractivity contribution in [2.24, 2.45) is 7.05 Å². The Hall–Kier alpha value is -2.18. The quantitative estimate of drug-likeness (QED) is 0.640. The average molecular weight is 193 g/mol. The number of aromatic carboxylic acids is 1. The minimum atomic E-state index is -1.14. The molecule has 0 bridgehead atoms. The van der Waals surface area contributed by atoms with Crippen LogP contribution in [0.3, 0.4) is 0 Å². The maximum atomic E-state index is 10.8. The van der Waals surface area contributed by atoms with Crippen molar-refractivity contribution in [2.45, 2.75) is 0 Å². The van der Waals surface area contributed by atoms with E-state index < -0.39 is 5.97 Å². The first kappa shape index (κ1) is 8.42. The summed E-state index contributed by atoms with van der Waals surface area (Å²) in [5, 5.41) is 12.9. The zero-order chi connectivity index (χ0) is 10.3. The van der Waals surface area contributed by atoms with Crippen LogP contribution in [0.25, 0.3) is 11.0 Å². The van der Waals surface area contributed by atoms with E-state index in [1.807, 2.05) is 0 Å². The van der Waals surface area contributed by atoms with Crippen LogP contribution in [0.2, 0.25) is 0 Å². The third-order valence-corrected chi connectivity index (χ3v) is 1.85. The lowest BCUT2D eigenvalue weighted by Crippen LogP contribution is -2.00. The van der Waals surface area contributed by atoms with Gasteiger partial charge in [0, 0.05) is 7.05 Å². The zero-order valence-electron chi connectivity index (χ0n) is 7.30. The minimum absolute atomic E-state index is 0.124. The zero-order valence-corrected chi connectivity index (χ0v) is 7.30. The molecule has 0 aliphatic rings. The highest BCUT2D eigenvalue weighted by atomic mass is 16.4. The summed E-state index contributed by atoms with van der Waals surface area (Å²) >= 11 is 0. The number of hydrogen-bond acceptors (Lipinski definition) is 5. The van der Waals surface area contributed by atoms with Gasteiger partial charge >= 0.3 is 5.97 Å². The van der Waals surface area contributed by atoms with E-state index in [1.165, 1.54) is 11.0 Å². The molecule has 2 aromatic rings. The number of hydrogen-bond donors (Lipinski definition) is 2. The summed E-state index contributed by atoms with van der Waals surface area (Å²) in [7, 11) is 1.60. The minimum Gasteiger partial charge on any atom is -0.476 e. The van der Waals surface area contributed by atoms with Gasteiger partial charge in [0.15, 0.2) is 11.3 Å². The fraction of sp³-hybridized carbons (Fsp3) is 0.143. The number of nitrogens with two attached hydrogens (primary N) is 1. The van der Waals surface area contributed by atoms with Crippen LogP contribution in [0, 0.1) is 0 Å². The van der Waals surface area contributed by atoms with Crippen molar-refractivity contribution in [3.05, 3.63) is 12.0 Å². The molecular formula is C7H7N5O2. The molecule has 72 valence electrons. The molecule has 0 saturated carbocycles. The standard InChI is InChI=1S/C7H7N5O2/c1-12-6-3(4(11-12)7(13)14)5(8)9-2-10-6/h2H,1H3,(H,13,14)(H2,8,9,10). The highest BCUT2D eigenvalue weighted by Crippen LogP contribution is 2.19. The Labute approximate surface area is 78.2 Å². The van der Waals surface area contributed by atoms with Gasteiger partial charge < -0.3 is 10.8 Å². The van der Waals surface area contributed by atoms with E-state index in [-0.39, 0.29) is 16.9 Å². The molecule has 2 aromatic heterocycles. The molecule has 14 heavy (non-hydrogen) atoms. The monoisotopic (exact) mass is 193 g/mol. The van der Waals surface area contributed by atoms with Crippen LogP contribution in [0.5, 0.6) is 0 Å². The molecule has 2 rings (SSSR count). The molecule has 3 N–H and O–H groups in total. The lowest BCUT2D eigenvalue weighted by atomic mass is 10.3. The summed E-state index contributed by atoms with van der Waals surface area (Å²) in [5.74, 6) is -1.02. The van der Waals surface area contributed by atoms with Crippen molar-refractivity contribution < 1.29 is 9.90 Å². The summed E-state index contributed by atoms with van der Waals surface area (Å²) in [6.45, 7) is 0. The number of nitrogen functional groups attached to an aromatic ring is 1. The van der Waals surface area contributed by atoms with Gasteiger partial charge in [-0.2, -0.15) is 5.10 Å². The number of aromatic nitrogens is 4. The molecule has 7 heteroatoms. The summed E-state index contributed by atoms with van der Waals surface area (Å²) in [5.41, 5.74) is 5.83. The molecule has 0 aliphatic heterocycles. The van der Waals surface area contributed by atoms with E-state index in [0.717, 1.165) is 0 Å². The molecule has 2 heterocycles. The molecule has 0 amide bonds. The summed E-state index contributed by atoms with van der Waals surface area (Å²) in [6, 6.07) is 0. The van der Waals surface area contributed by atoms with Crippen molar-refractivity contribution in [3.8, 4) is 0 Å². The topological polar surface area (TPSA) is 107 Å². The first-order valence-corrected chi connectivity index (χ1v) is 3.77. The fourth-order valence-corrected chi connectivity index (χ4v) is 1.26. The number of anilines is 1. The Kier molecular flexibility index (Phi) is 1.60. The lowest BCUT2D eigenvalue weighted by Gasteiger charge is -1.94. The molecule has 0 fully saturated rings. The van der Waals surface area contributed by atoms with Crippen LogP contribution in [-0.4, -0.2) is 30.8 Å². The first-order chi connectivity index (χ1) is 6.61. The Bertz CT molecular complexity index is 518. The van der Waals surface area contributed by atoms with E-state index in [1.54, 1.807) is 7.05 Å². The predicted octanol–water partition coefficient (Wildman–Crippen LogP) is -0.356. The van der Waals surface area contributed by atoms with Crippen LogP contribution in [0.15, 0.2) is 6.33 Å². The summed E-state index contributed by atoms with van der Waals surface area (Å²) in [4.78, 5) is 18.4. The van der Waals surface area contributed by atoms with Gasteiger partial charge in [0.2, 0.25) is 0 Å². The van der Waals surface area contributed by atoms with Gasteiger partial charge in [-0.1, -0.05) is 0 Å². The van der Waals surface area contributed by atoms with Crippen LogP contribution in [-0.2, 0) is 7.05 Å². The molecule has 0 spiro atoms. The van der Waals surface area contributed by atoms with Crippen molar-refractivity contribution in [1.29, 1.82) is 0 Å². The maximum absolute atomic E-state index is 10.8. The molecule has 0 unspecified atom stereocenters. The molecule has 0 aliphatic carbocycles. The van der Waals surface area contributed by atoms with Crippen molar-refractivity contribution in [2.75, 3.05) is 5.73 Å². The second kappa shape index (κ2) is 2.66. The average Bonchev–Trinajstić information content (AvgIpc) is 2.46. The number of carboxylic acids is 1. The van der Waals surface area contributed by atoms with Crippen molar-refractivity contribution >= 4 is 22.8 Å². The van der Waals surface area contributed by atoms with Gasteiger partial charge in [-0.05, 0) is 0 Å². The first-order valence-electron chi connectivity index (χ1n) is 3.77. The van der Waals surface area contributed by atoms with E-state index in [0.29, 0.717) is 5.65 Å². The van der Waals surface area contributed by atoms with Gasteiger partial charge in [0.25, 0.3) is 0 Å². The van der Waals surface area contributed by atoms with Crippen molar-refractivity contribution in [3.63, 3.8) is 0 Å².